The number of aromatic nitrogens is 4. The highest BCUT2D eigenvalue weighted by Gasteiger charge is 2.16. The average molecular weight is 446 g/mol. The summed E-state index contributed by atoms with van der Waals surface area (Å²) in [6, 6.07) is 11.0. The number of anilines is 1. The van der Waals surface area contributed by atoms with E-state index in [9.17, 15) is 0 Å². The van der Waals surface area contributed by atoms with Crippen LogP contribution < -0.4 is 9.80 Å². The average Bonchev–Trinajstić information content (AvgIpc) is 2.77. The third-order valence-electron chi connectivity index (χ3n) is 4.12. The smallest absolute Gasteiger partial charge is 0.238 e. The van der Waals surface area contributed by atoms with Crippen LogP contribution in [0, 0.1) is 0 Å². The van der Waals surface area contributed by atoms with Crippen molar-refractivity contribution in [2.24, 2.45) is 0 Å². The Labute approximate surface area is 185 Å². The van der Waals surface area contributed by atoms with Gasteiger partial charge in [0.25, 0.3) is 0 Å². The lowest BCUT2D eigenvalue weighted by molar-refractivity contribution is 0.132. The summed E-state index contributed by atoms with van der Waals surface area (Å²) in [5.41, 5.74) is 1.87. The fourth-order valence-corrected chi connectivity index (χ4v) is 3.05. The zero-order valence-electron chi connectivity index (χ0n) is 16.5. The van der Waals surface area contributed by atoms with Crippen molar-refractivity contribution >= 4 is 29.0 Å². The molecule has 156 valence electrons. The van der Waals surface area contributed by atoms with E-state index in [0.29, 0.717) is 53.6 Å². The molecule has 0 spiro atoms. The van der Waals surface area contributed by atoms with Crippen LogP contribution in [0.1, 0.15) is 18.2 Å². The maximum atomic E-state index is 6.46. The molecular weight excluding hydrogens is 425 g/mol. The molecule has 0 atom stereocenters. The van der Waals surface area contributed by atoms with Crippen molar-refractivity contribution in [3.8, 4) is 11.6 Å². The molecule has 2 heterocycles. The third-order valence-corrected chi connectivity index (χ3v) is 4.71. The van der Waals surface area contributed by atoms with Gasteiger partial charge < -0.3 is 4.74 Å². The normalized spacial score (nSPS) is 10.6. The van der Waals surface area contributed by atoms with E-state index in [-0.39, 0.29) is 0 Å². The highest BCUT2D eigenvalue weighted by Crippen LogP contribution is 2.27. The van der Waals surface area contributed by atoms with E-state index < -0.39 is 0 Å². The molecule has 0 aliphatic carbocycles. The van der Waals surface area contributed by atoms with Crippen LogP contribution >= 0.6 is 23.2 Å². The largest absolute Gasteiger partial charge is 0.438 e. The first-order valence-corrected chi connectivity index (χ1v) is 10.1. The van der Waals surface area contributed by atoms with Crippen LogP contribution in [0.15, 0.2) is 55.4 Å². The number of hydrogen-bond acceptors (Lipinski definition) is 7. The highest BCUT2D eigenvalue weighted by molar-refractivity contribution is 6.33. The van der Waals surface area contributed by atoms with Gasteiger partial charge in [0.2, 0.25) is 5.88 Å². The summed E-state index contributed by atoms with van der Waals surface area (Å²) in [6.45, 7) is 6.59. The minimum atomic E-state index is 0.316. The predicted molar refractivity (Wildman–Crippen MR) is 117 cm³/mol. The van der Waals surface area contributed by atoms with Crippen LogP contribution in [-0.2, 0) is 17.7 Å². The van der Waals surface area contributed by atoms with Crippen molar-refractivity contribution in [3.05, 3.63) is 76.8 Å². The summed E-state index contributed by atoms with van der Waals surface area (Å²) in [6.07, 6.45) is 4.59. The first-order chi connectivity index (χ1) is 14.6. The van der Waals surface area contributed by atoms with E-state index in [1.807, 2.05) is 31.2 Å². The zero-order chi connectivity index (χ0) is 21.3. The van der Waals surface area contributed by atoms with Gasteiger partial charge >= 0.3 is 0 Å². The van der Waals surface area contributed by atoms with Gasteiger partial charge in [0.05, 0.1) is 18.8 Å². The molecule has 0 saturated heterocycles. The monoisotopic (exact) mass is 445 g/mol. The third kappa shape index (κ3) is 5.89. The summed E-state index contributed by atoms with van der Waals surface area (Å²) in [4.78, 5) is 14.3. The highest BCUT2D eigenvalue weighted by atomic mass is 35.5. The summed E-state index contributed by atoms with van der Waals surface area (Å²) in [5.74, 6) is 1.58. The van der Waals surface area contributed by atoms with E-state index in [4.69, 9.17) is 32.8 Å². The molecule has 0 N–H and O–H groups in total. The number of benzene rings is 1. The van der Waals surface area contributed by atoms with Gasteiger partial charge in [-0.25, -0.2) is 15.0 Å². The molecule has 0 radical (unpaired) electrons. The molecule has 0 amide bonds. The molecule has 2 aromatic heterocycles. The maximum Gasteiger partial charge on any atom is 0.238 e. The van der Waals surface area contributed by atoms with E-state index in [1.165, 1.54) is 6.33 Å². The molecule has 0 unspecified atom stereocenters. The van der Waals surface area contributed by atoms with Crippen molar-refractivity contribution in [2.75, 3.05) is 18.2 Å². The Kier molecular flexibility index (Phi) is 7.96. The lowest BCUT2D eigenvalue weighted by atomic mass is 10.1. The second-order valence-electron chi connectivity index (χ2n) is 6.19. The SMILES string of the molecule is C=CCON(CCc1ccc(Oc2ccc(Cl)nn2)cc1)c1ncnc(CC)c1Cl. The summed E-state index contributed by atoms with van der Waals surface area (Å²) in [7, 11) is 0. The molecule has 3 aromatic rings. The van der Waals surface area contributed by atoms with Crippen LogP contribution in [0.4, 0.5) is 5.82 Å². The number of ether oxygens (including phenoxy) is 1. The Bertz CT molecular complexity index is 968. The van der Waals surface area contributed by atoms with Gasteiger partial charge in [0, 0.05) is 6.07 Å². The Morgan fingerprint density at radius 2 is 1.87 bits per heavy atom. The Hall–Kier alpha value is -2.74. The fraction of sp³-hybridized carbons (Fsp3) is 0.238. The summed E-state index contributed by atoms with van der Waals surface area (Å²) >= 11 is 12.2. The number of nitrogens with zero attached hydrogens (tertiary/aromatic N) is 5. The number of halogens is 2. The minimum absolute atomic E-state index is 0.316. The van der Waals surface area contributed by atoms with Crippen molar-refractivity contribution in [1.82, 2.24) is 20.2 Å². The van der Waals surface area contributed by atoms with Gasteiger partial charge in [-0.15, -0.1) is 16.8 Å². The van der Waals surface area contributed by atoms with E-state index in [1.54, 1.807) is 23.3 Å². The van der Waals surface area contributed by atoms with Crippen LogP contribution in [-0.4, -0.2) is 33.3 Å². The van der Waals surface area contributed by atoms with Crippen molar-refractivity contribution in [2.45, 2.75) is 19.8 Å². The molecule has 1 aromatic carbocycles. The quantitative estimate of drug-likeness (QED) is 0.317. The van der Waals surface area contributed by atoms with Crippen LogP contribution in [0.2, 0.25) is 10.2 Å². The van der Waals surface area contributed by atoms with Crippen LogP contribution in [0.3, 0.4) is 0 Å². The molecular formula is C21H21Cl2N5O2. The standard InChI is InChI=1S/C21H21Cl2N5O2/c1-3-13-29-28(21-20(23)17(4-2)24-14-25-21)12-11-15-5-7-16(8-6-15)30-19-10-9-18(22)26-27-19/h3,5-10,14H,1,4,11-13H2,2H3. The molecule has 0 saturated carbocycles. The fourth-order valence-electron chi connectivity index (χ4n) is 2.62. The second kappa shape index (κ2) is 10.9. The molecule has 0 bridgehead atoms. The van der Waals surface area contributed by atoms with E-state index in [2.05, 4.69) is 26.7 Å². The van der Waals surface area contributed by atoms with Gasteiger partial charge in [-0.05, 0) is 36.6 Å². The lowest BCUT2D eigenvalue weighted by Gasteiger charge is -2.23. The molecule has 0 aliphatic heterocycles. The number of rotatable bonds is 10. The molecule has 0 aliphatic rings. The lowest BCUT2D eigenvalue weighted by Crippen LogP contribution is -2.28. The van der Waals surface area contributed by atoms with E-state index in [0.717, 1.165) is 11.3 Å². The van der Waals surface area contributed by atoms with Gasteiger partial charge in [-0.3, -0.25) is 4.84 Å². The van der Waals surface area contributed by atoms with Gasteiger partial charge in [-0.2, -0.15) is 0 Å². The zero-order valence-corrected chi connectivity index (χ0v) is 18.0. The van der Waals surface area contributed by atoms with Gasteiger partial charge in [0.1, 0.15) is 17.1 Å². The first kappa shape index (κ1) is 22.0. The maximum absolute atomic E-state index is 6.46. The Morgan fingerprint density at radius 3 is 2.53 bits per heavy atom. The predicted octanol–water partition coefficient (Wildman–Crippen LogP) is 5.09. The summed E-state index contributed by atoms with van der Waals surface area (Å²) < 4.78 is 5.66. The molecule has 3 rings (SSSR count). The Balaban J connectivity index is 1.66. The van der Waals surface area contributed by atoms with E-state index >= 15 is 0 Å². The van der Waals surface area contributed by atoms with Crippen LogP contribution in [0.25, 0.3) is 0 Å². The van der Waals surface area contributed by atoms with Crippen molar-refractivity contribution < 1.29 is 9.57 Å². The summed E-state index contributed by atoms with van der Waals surface area (Å²) in [5, 5.41) is 10.1. The number of hydrogen-bond donors (Lipinski definition) is 0. The van der Waals surface area contributed by atoms with Crippen molar-refractivity contribution in [1.29, 1.82) is 0 Å². The molecule has 30 heavy (non-hydrogen) atoms. The minimum Gasteiger partial charge on any atom is -0.438 e. The Morgan fingerprint density at radius 1 is 1.07 bits per heavy atom. The first-order valence-electron chi connectivity index (χ1n) is 9.37. The number of hydroxylamine groups is 1. The molecule has 7 nitrogen and oxygen atoms in total. The molecule has 0 fully saturated rings. The van der Waals surface area contributed by atoms with Crippen LogP contribution in [0.5, 0.6) is 11.6 Å². The topological polar surface area (TPSA) is 73.3 Å². The second-order valence-corrected chi connectivity index (χ2v) is 6.95. The number of aryl methyl sites for hydroxylation is 1. The van der Waals surface area contributed by atoms with Gasteiger partial charge in [0.15, 0.2) is 11.0 Å². The molecule has 9 heteroatoms. The van der Waals surface area contributed by atoms with Crippen molar-refractivity contribution in [3.63, 3.8) is 0 Å². The van der Waals surface area contributed by atoms with Gasteiger partial charge in [-0.1, -0.05) is 48.3 Å².